The molecule has 2 heterocycles. The topological polar surface area (TPSA) is 35.6 Å². The second kappa shape index (κ2) is 4.84. The maximum Gasteiger partial charge on any atom is 0.317 e. The molecule has 0 aromatic carbocycles. The number of likely N-dealkylation sites (tertiary alicyclic amines) is 2. The van der Waals surface area contributed by atoms with Crippen LogP contribution in [-0.2, 0) is 0 Å². The maximum atomic E-state index is 11.6. The molecule has 0 aliphatic carbocycles. The summed E-state index contributed by atoms with van der Waals surface area (Å²) in [6, 6.07) is 0.541. The number of nitrogens with one attached hydrogen (secondary N) is 1. The normalized spacial score (nSPS) is 27.3. The van der Waals surface area contributed by atoms with Crippen molar-refractivity contribution < 1.29 is 4.79 Å². The lowest BCUT2D eigenvalue weighted by molar-refractivity contribution is 0.177. The molecule has 2 aliphatic heterocycles. The SMILES string of the molecule is CNC(=O)N1CCC[C@H]1CN1CCCC1. The monoisotopic (exact) mass is 211 g/mol. The van der Waals surface area contributed by atoms with Crippen LogP contribution in [0.25, 0.3) is 0 Å². The fourth-order valence-corrected chi connectivity index (χ4v) is 2.70. The van der Waals surface area contributed by atoms with Gasteiger partial charge in [-0.2, -0.15) is 0 Å². The molecule has 2 rings (SSSR count). The van der Waals surface area contributed by atoms with Gasteiger partial charge in [-0.05, 0) is 38.8 Å². The summed E-state index contributed by atoms with van der Waals surface area (Å²) in [7, 11) is 1.72. The van der Waals surface area contributed by atoms with Crippen LogP contribution in [0.2, 0.25) is 0 Å². The van der Waals surface area contributed by atoms with Crippen molar-refractivity contribution in [2.24, 2.45) is 0 Å². The minimum Gasteiger partial charge on any atom is -0.341 e. The lowest BCUT2D eigenvalue weighted by atomic mass is 10.2. The van der Waals surface area contributed by atoms with E-state index in [0.29, 0.717) is 6.04 Å². The molecule has 2 saturated heterocycles. The maximum absolute atomic E-state index is 11.6. The number of amides is 2. The summed E-state index contributed by atoms with van der Waals surface area (Å²) in [5, 5.41) is 2.73. The molecule has 0 radical (unpaired) electrons. The average Bonchev–Trinajstić information content (AvgIpc) is 2.88. The van der Waals surface area contributed by atoms with Gasteiger partial charge in [0.2, 0.25) is 0 Å². The van der Waals surface area contributed by atoms with Crippen molar-refractivity contribution in [2.45, 2.75) is 31.7 Å². The van der Waals surface area contributed by atoms with Gasteiger partial charge in [-0.3, -0.25) is 0 Å². The number of hydrogen-bond donors (Lipinski definition) is 1. The summed E-state index contributed by atoms with van der Waals surface area (Å²) in [5.74, 6) is 0. The van der Waals surface area contributed by atoms with Gasteiger partial charge in [0.25, 0.3) is 0 Å². The second-order valence-corrected chi connectivity index (χ2v) is 4.55. The Labute approximate surface area is 91.6 Å². The Morgan fingerprint density at radius 3 is 2.67 bits per heavy atom. The number of nitrogens with zero attached hydrogens (tertiary/aromatic N) is 2. The van der Waals surface area contributed by atoms with Crippen LogP contribution >= 0.6 is 0 Å². The Balaban J connectivity index is 1.86. The van der Waals surface area contributed by atoms with Crippen molar-refractivity contribution in [3.8, 4) is 0 Å². The summed E-state index contributed by atoms with van der Waals surface area (Å²) in [6.45, 7) is 4.45. The Kier molecular flexibility index (Phi) is 3.46. The van der Waals surface area contributed by atoms with Gasteiger partial charge < -0.3 is 15.1 Å². The largest absolute Gasteiger partial charge is 0.341 e. The van der Waals surface area contributed by atoms with Crippen molar-refractivity contribution in [1.29, 1.82) is 0 Å². The Bertz CT molecular complexity index is 226. The summed E-state index contributed by atoms with van der Waals surface area (Å²) in [5.41, 5.74) is 0. The number of carbonyl (C=O) groups is 1. The second-order valence-electron chi connectivity index (χ2n) is 4.55. The fourth-order valence-electron chi connectivity index (χ4n) is 2.70. The molecule has 4 nitrogen and oxygen atoms in total. The smallest absolute Gasteiger partial charge is 0.317 e. The van der Waals surface area contributed by atoms with Crippen LogP contribution in [-0.4, -0.2) is 55.1 Å². The van der Waals surface area contributed by atoms with E-state index in [-0.39, 0.29) is 6.03 Å². The summed E-state index contributed by atoms with van der Waals surface area (Å²) >= 11 is 0. The molecule has 1 atom stereocenters. The van der Waals surface area contributed by atoms with E-state index in [2.05, 4.69) is 10.2 Å². The molecule has 0 spiro atoms. The zero-order chi connectivity index (χ0) is 10.7. The zero-order valence-corrected chi connectivity index (χ0v) is 9.54. The van der Waals surface area contributed by atoms with Crippen LogP contribution in [0.5, 0.6) is 0 Å². The average molecular weight is 211 g/mol. The van der Waals surface area contributed by atoms with E-state index < -0.39 is 0 Å². The Hall–Kier alpha value is -0.770. The molecule has 86 valence electrons. The first-order valence-corrected chi connectivity index (χ1v) is 6.02. The molecular weight excluding hydrogens is 190 g/mol. The van der Waals surface area contributed by atoms with E-state index in [1.165, 1.54) is 32.4 Å². The minimum absolute atomic E-state index is 0.0942. The van der Waals surface area contributed by atoms with E-state index >= 15 is 0 Å². The van der Waals surface area contributed by atoms with Crippen molar-refractivity contribution in [2.75, 3.05) is 33.2 Å². The van der Waals surface area contributed by atoms with Gasteiger partial charge in [-0.15, -0.1) is 0 Å². The highest BCUT2D eigenvalue weighted by Gasteiger charge is 2.30. The first-order valence-electron chi connectivity index (χ1n) is 6.02. The predicted octanol–water partition coefficient (Wildman–Crippen LogP) is 0.886. The van der Waals surface area contributed by atoms with Crippen molar-refractivity contribution in [3.05, 3.63) is 0 Å². The molecular formula is C11H21N3O. The lowest BCUT2D eigenvalue weighted by Gasteiger charge is -2.28. The van der Waals surface area contributed by atoms with E-state index in [4.69, 9.17) is 0 Å². The highest BCUT2D eigenvalue weighted by molar-refractivity contribution is 5.74. The Morgan fingerprint density at radius 2 is 2.00 bits per heavy atom. The van der Waals surface area contributed by atoms with E-state index in [9.17, 15) is 4.79 Å². The highest BCUT2D eigenvalue weighted by atomic mass is 16.2. The van der Waals surface area contributed by atoms with Crippen molar-refractivity contribution in [1.82, 2.24) is 15.1 Å². The van der Waals surface area contributed by atoms with Gasteiger partial charge in [-0.1, -0.05) is 0 Å². The molecule has 15 heavy (non-hydrogen) atoms. The standard InChI is InChI=1S/C11H21N3O/c1-12-11(15)14-8-4-5-10(14)9-13-6-2-3-7-13/h10H,2-9H2,1H3,(H,12,15)/t10-/m0/s1. The quantitative estimate of drug-likeness (QED) is 0.736. The van der Waals surface area contributed by atoms with E-state index in [1.807, 2.05) is 4.90 Å². The summed E-state index contributed by atoms with van der Waals surface area (Å²) in [4.78, 5) is 16.1. The molecule has 1 N–H and O–H groups in total. The molecule has 4 heteroatoms. The summed E-state index contributed by atoms with van der Waals surface area (Å²) in [6.07, 6.45) is 4.98. The van der Waals surface area contributed by atoms with Crippen LogP contribution in [0.3, 0.4) is 0 Å². The third kappa shape index (κ3) is 2.43. The van der Waals surface area contributed by atoms with Crippen LogP contribution in [0, 0.1) is 0 Å². The van der Waals surface area contributed by atoms with Gasteiger partial charge in [0.1, 0.15) is 0 Å². The molecule has 0 aromatic heterocycles. The van der Waals surface area contributed by atoms with Crippen LogP contribution in [0.15, 0.2) is 0 Å². The van der Waals surface area contributed by atoms with Gasteiger partial charge in [0.15, 0.2) is 0 Å². The van der Waals surface area contributed by atoms with Gasteiger partial charge in [0, 0.05) is 26.2 Å². The number of rotatable bonds is 2. The number of urea groups is 1. The molecule has 2 amide bonds. The lowest BCUT2D eigenvalue weighted by Crippen LogP contribution is -2.46. The molecule has 0 aromatic rings. The van der Waals surface area contributed by atoms with Crippen LogP contribution in [0.4, 0.5) is 4.79 Å². The van der Waals surface area contributed by atoms with Crippen LogP contribution in [0.1, 0.15) is 25.7 Å². The minimum atomic E-state index is 0.0942. The zero-order valence-electron chi connectivity index (χ0n) is 9.54. The molecule has 0 bridgehead atoms. The first-order chi connectivity index (χ1) is 7.31. The molecule has 2 aliphatic rings. The van der Waals surface area contributed by atoms with Crippen LogP contribution < -0.4 is 5.32 Å². The van der Waals surface area contributed by atoms with Gasteiger partial charge in [-0.25, -0.2) is 4.79 Å². The van der Waals surface area contributed by atoms with Crippen molar-refractivity contribution in [3.63, 3.8) is 0 Å². The summed E-state index contributed by atoms with van der Waals surface area (Å²) < 4.78 is 0. The fraction of sp³-hybridized carbons (Fsp3) is 0.909. The van der Waals surface area contributed by atoms with Crippen molar-refractivity contribution >= 4 is 6.03 Å². The van der Waals surface area contributed by atoms with Gasteiger partial charge in [0.05, 0.1) is 0 Å². The van der Waals surface area contributed by atoms with E-state index in [0.717, 1.165) is 19.5 Å². The molecule has 0 saturated carbocycles. The first kappa shape index (κ1) is 10.7. The molecule has 0 unspecified atom stereocenters. The van der Waals surface area contributed by atoms with E-state index in [1.54, 1.807) is 7.05 Å². The molecule has 2 fully saturated rings. The number of carbonyl (C=O) groups excluding carboxylic acids is 1. The number of hydrogen-bond acceptors (Lipinski definition) is 2. The highest BCUT2D eigenvalue weighted by Crippen LogP contribution is 2.20. The third-order valence-electron chi connectivity index (χ3n) is 3.52. The third-order valence-corrected chi connectivity index (χ3v) is 3.52. The predicted molar refractivity (Wildman–Crippen MR) is 59.9 cm³/mol. The Morgan fingerprint density at radius 1 is 1.27 bits per heavy atom. The van der Waals surface area contributed by atoms with Gasteiger partial charge >= 0.3 is 6.03 Å².